The van der Waals surface area contributed by atoms with Crippen LogP contribution in [-0.4, -0.2) is 57.7 Å². The molecule has 0 bridgehead atoms. The second kappa shape index (κ2) is 9.19. The zero-order chi connectivity index (χ0) is 18.3. The molecule has 2 aliphatic rings. The topological polar surface area (TPSA) is 76.1 Å². The van der Waals surface area contributed by atoms with Crippen molar-refractivity contribution in [2.45, 2.75) is 32.1 Å². The summed E-state index contributed by atoms with van der Waals surface area (Å²) in [6.45, 7) is 5.55. The summed E-state index contributed by atoms with van der Waals surface area (Å²) in [7, 11) is 0. The fourth-order valence-electron chi connectivity index (χ4n) is 4.04. The number of aromatic nitrogens is 4. The molecule has 2 aliphatic heterocycles. The normalized spacial score (nSPS) is 19.9. The first kappa shape index (κ1) is 18.3. The van der Waals surface area contributed by atoms with Crippen LogP contribution in [-0.2, 0) is 11.2 Å². The lowest BCUT2D eigenvalue weighted by atomic mass is 9.90. The van der Waals surface area contributed by atoms with E-state index in [1.165, 1.54) is 45.3 Å². The highest BCUT2D eigenvalue weighted by atomic mass is 16.5. The van der Waals surface area contributed by atoms with E-state index in [2.05, 4.69) is 30.2 Å². The molecule has 0 aliphatic carbocycles. The van der Waals surface area contributed by atoms with Crippen molar-refractivity contribution < 1.29 is 4.74 Å². The summed E-state index contributed by atoms with van der Waals surface area (Å²) in [6, 6.07) is 2.03. The summed E-state index contributed by atoms with van der Waals surface area (Å²) < 4.78 is 5.48. The van der Waals surface area contributed by atoms with Crippen molar-refractivity contribution in [3.63, 3.8) is 0 Å². The molecule has 7 heteroatoms. The Labute approximate surface area is 160 Å². The van der Waals surface area contributed by atoms with E-state index < -0.39 is 0 Å². The molecule has 0 radical (unpaired) electrons. The van der Waals surface area contributed by atoms with Crippen LogP contribution in [0, 0.1) is 11.8 Å². The van der Waals surface area contributed by atoms with Gasteiger partial charge in [-0.3, -0.25) is 4.98 Å². The molecule has 2 saturated heterocycles. The van der Waals surface area contributed by atoms with Crippen molar-refractivity contribution in [3.8, 4) is 0 Å². The van der Waals surface area contributed by atoms with Gasteiger partial charge in [0.25, 0.3) is 0 Å². The molecular formula is C20H28N6O. The first-order valence-corrected chi connectivity index (χ1v) is 9.99. The highest BCUT2D eigenvalue weighted by molar-refractivity contribution is 5.49. The molecule has 27 heavy (non-hydrogen) atoms. The molecule has 144 valence electrons. The SMILES string of the molecule is c1cnc(Nc2cc(CC3CCN(CC4CCOCC4)CC3)ncn2)cn1. The Hall–Kier alpha value is -2.12. The predicted molar refractivity (Wildman–Crippen MR) is 104 cm³/mol. The maximum Gasteiger partial charge on any atom is 0.150 e. The number of hydrogen-bond donors (Lipinski definition) is 1. The van der Waals surface area contributed by atoms with E-state index in [9.17, 15) is 0 Å². The van der Waals surface area contributed by atoms with Gasteiger partial charge in [-0.25, -0.2) is 15.0 Å². The van der Waals surface area contributed by atoms with Crippen LogP contribution < -0.4 is 5.32 Å². The van der Waals surface area contributed by atoms with Crippen LogP contribution in [0.5, 0.6) is 0 Å². The third-order valence-corrected chi connectivity index (χ3v) is 5.61. The molecule has 0 atom stereocenters. The molecule has 4 rings (SSSR count). The number of ether oxygens (including phenoxy) is 1. The van der Waals surface area contributed by atoms with Crippen LogP contribution in [0.25, 0.3) is 0 Å². The minimum atomic E-state index is 0.698. The summed E-state index contributed by atoms with van der Waals surface area (Å²) >= 11 is 0. The summed E-state index contributed by atoms with van der Waals surface area (Å²) in [5.41, 5.74) is 1.10. The average molecular weight is 368 g/mol. The summed E-state index contributed by atoms with van der Waals surface area (Å²) in [5.74, 6) is 3.00. The van der Waals surface area contributed by atoms with Crippen molar-refractivity contribution in [1.82, 2.24) is 24.8 Å². The zero-order valence-corrected chi connectivity index (χ0v) is 15.8. The standard InChI is InChI=1S/C20H28N6O/c1-7-26(14-17-3-9-27-10-4-17)8-2-16(1)11-18-12-19(24-15-23-18)25-20-13-21-5-6-22-20/h5-6,12-13,15-17H,1-4,7-11,14H2,(H,22,23,24,25). The Kier molecular flexibility index (Phi) is 6.21. The van der Waals surface area contributed by atoms with Crippen LogP contribution in [0.2, 0.25) is 0 Å². The molecule has 0 saturated carbocycles. The summed E-state index contributed by atoms with van der Waals surface area (Å²) in [4.78, 5) is 19.7. The molecule has 0 unspecified atom stereocenters. The fraction of sp³-hybridized carbons (Fsp3) is 0.600. The molecule has 0 amide bonds. The van der Waals surface area contributed by atoms with Crippen LogP contribution in [0.1, 0.15) is 31.4 Å². The van der Waals surface area contributed by atoms with Gasteiger partial charge in [-0.1, -0.05) is 0 Å². The molecule has 2 aromatic heterocycles. The molecule has 2 aromatic rings. The number of nitrogens with one attached hydrogen (secondary N) is 1. The van der Waals surface area contributed by atoms with E-state index in [0.717, 1.165) is 37.1 Å². The molecule has 2 fully saturated rings. The van der Waals surface area contributed by atoms with E-state index in [0.29, 0.717) is 11.7 Å². The lowest BCUT2D eigenvalue weighted by molar-refractivity contribution is 0.0467. The Morgan fingerprint density at radius 2 is 1.81 bits per heavy atom. The third-order valence-electron chi connectivity index (χ3n) is 5.61. The molecule has 4 heterocycles. The fourth-order valence-corrected chi connectivity index (χ4v) is 4.04. The predicted octanol–water partition coefficient (Wildman–Crippen LogP) is 2.69. The van der Waals surface area contributed by atoms with Gasteiger partial charge in [0.1, 0.15) is 18.0 Å². The lowest BCUT2D eigenvalue weighted by Gasteiger charge is -2.35. The average Bonchev–Trinajstić information content (AvgIpc) is 2.71. The van der Waals surface area contributed by atoms with Crippen LogP contribution in [0.15, 0.2) is 31.0 Å². The minimum absolute atomic E-state index is 0.698. The molecule has 1 N–H and O–H groups in total. The van der Waals surface area contributed by atoms with Gasteiger partial charge >= 0.3 is 0 Å². The molecule has 0 spiro atoms. The molecular weight excluding hydrogens is 340 g/mol. The van der Waals surface area contributed by atoms with Gasteiger partial charge in [0.2, 0.25) is 0 Å². The van der Waals surface area contributed by atoms with Gasteiger partial charge < -0.3 is 15.0 Å². The second-order valence-electron chi connectivity index (χ2n) is 7.61. The number of hydrogen-bond acceptors (Lipinski definition) is 7. The maximum atomic E-state index is 5.48. The number of likely N-dealkylation sites (tertiary alicyclic amines) is 1. The van der Waals surface area contributed by atoms with Crippen molar-refractivity contribution >= 4 is 11.6 Å². The summed E-state index contributed by atoms with van der Waals surface area (Å²) in [5, 5.41) is 3.19. The monoisotopic (exact) mass is 368 g/mol. The van der Waals surface area contributed by atoms with E-state index in [1.54, 1.807) is 24.9 Å². The quantitative estimate of drug-likeness (QED) is 0.840. The van der Waals surface area contributed by atoms with Crippen LogP contribution in [0.3, 0.4) is 0 Å². The first-order valence-electron chi connectivity index (χ1n) is 9.99. The zero-order valence-electron chi connectivity index (χ0n) is 15.8. The third kappa shape index (κ3) is 5.43. The largest absolute Gasteiger partial charge is 0.381 e. The number of piperidine rings is 1. The van der Waals surface area contributed by atoms with E-state index in [1.807, 2.05) is 6.07 Å². The Morgan fingerprint density at radius 3 is 2.59 bits per heavy atom. The van der Waals surface area contributed by atoms with E-state index in [-0.39, 0.29) is 0 Å². The van der Waals surface area contributed by atoms with E-state index >= 15 is 0 Å². The highest BCUT2D eigenvalue weighted by Crippen LogP contribution is 2.24. The van der Waals surface area contributed by atoms with Gasteiger partial charge in [0.15, 0.2) is 0 Å². The van der Waals surface area contributed by atoms with Gasteiger partial charge in [-0.05, 0) is 57.0 Å². The van der Waals surface area contributed by atoms with Crippen molar-refractivity contribution in [2.75, 3.05) is 38.2 Å². The summed E-state index contributed by atoms with van der Waals surface area (Å²) in [6.07, 6.45) is 12.6. The van der Waals surface area contributed by atoms with Gasteiger partial charge in [0, 0.05) is 43.9 Å². The van der Waals surface area contributed by atoms with Crippen molar-refractivity contribution in [1.29, 1.82) is 0 Å². The number of nitrogens with zero attached hydrogens (tertiary/aromatic N) is 5. The minimum Gasteiger partial charge on any atom is -0.381 e. The second-order valence-corrected chi connectivity index (χ2v) is 7.61. The van der Waals surface area contributed by atoms with Crippen molar-refractivity contribution in [2.24, 2.45) is 11.8 Å². The first-order chi connectivity index (χ1) is 13.3. The van der Waals surface area contributed by atoms with Crippen LogP contribution in [0.4, 0.5) is 11.6 Å². The maximum absolute atomic E-state index is 5.48. The number of rotatable bonds is 6. The smallest absolute Gasteiger partial charge is 0.150 e. The Morgan fingerprint density at radius 1 is 0.963 bits per heavy atom. The molecule has 0 aromatic carbocycles. The number of anilines is 2. The van der Waals surface area contributed by atoms with Gasteiger partial charge in [-0.2, -0.15) is 0 Å². The van der Waals surface area contributed by atoms with Gasteiger partial charge in [0.05, 0.1) is 6.20 Å². The van der Waals surface area contributed by atoms with E-state index in [4.69, 9.17) is 4.74 Å². The Bertz CT molecular complexity index is 699. The molecule has 7 nitrogen and oxygen atoms in total. The van der Waals surface area contributed by atoms with Crippen LogP contribution >= 0.6 is 0 Å². The van der Waals surface area contributed by atoms with Crippen molar-refractivity contribution in [3.05, 3.63) is 36.7 Å². The lowest BCUT2D eigenvalue weighted by Crippen LogP contribution is -2.38. The Balaban J connectivity index is 1.26. The van der Waals surface area contributed by atoms with Gasteiger partial charge in [-0.15, -0.1) is 0 Å². The highest BCUT2D eigenvalue weighted by Gasteiger charge is 2.23.